The first-order valence-electron chi connectivity index (χ1n) is 8.17. The van der Waals surface area contributed by atoms with E-state index in [0.29, 0.717) is 12.1 Å². The second-order valence-electron chi connectivity index (χ2n) is 6.05. The van der Waals surface area contributed by atoms with Gasteiger partial charge in [-0.05, 0) is 49.9 Å². The number of nitrogens with zero attached hydrogens (tertiary/aromatic N) is 1. The van der Waals surface area contributed by atoms with E-state index >= 15 is 0 Å². The van der Waals surface area contributed by atoms with Gasteiger partial charge in [-0.1, -0.05) is 28.9 Å². The Labute approximate surface area is 136 Å². The molecule has 2 atom stereocenters. The molecule has 0 spiro atoms. The lowest BCUT2D eigenvalue weighted by Gasteiger charge is -2.40. The maximum Gasteiger partial charge on any atom is 0.0779 e. The molecule has 116 valence electrons. The number of benzene rings is 1. The maximum atomic E-state index is 5.95. The quantitative estimate of drug-likeness (QED) is 0.817. The number of hydrogen-bond acceptors (Lipinski definition) is 3. The topological polar surface area (TPSA) is 24.5 Å². The van der Waals surface area contributed by atoms with Crippen LogP contribution in [0.15, 0.2) is 22.7 Å². The minimum atomic E-state index is 0.439. The predicted octanol–water partition coefficient (Wildman–Crippen LogP) is 3.71. The molecule has 1 saturated carbocycles. The highest BCUT2D eigenvalue weighted by Gasteiger charge is 2.36. The van der Waals surface area contributed by atoms with E-state index in [1.165, 1.54) is 36.9 Å². The van der Waals surface area contributed by atoms with Crippen LogP contribution in [-0.2, 0) is 11.3 Å². The Morgan fingerprint density at radius 2 is 2.29 bits per heavy atom. The third-order valence-electron chi connectivity index (χ3n) is 4.58. The number of nitrogens with one attached hydrogen (secondary N) is 1. The van der Waals surface area contributed by atoms with Crippen LogP contribution < -0.4 is 10.2 Å². The third kappa shape index (κ3) is 3.43. The molecular formula is C17H25BrN2O. The van der Waals surface area contributed by atoms with Gasteiger partial charge in [-0.2, -0.15) is 0 Å². The van der Waals surface area contributed by atoms with Crippen LogP contribution in [0.1, 0.15) is 38.2 Å². The molecule has 1 aromatic carbocycles. The SMILES string of the molecule is CCCNCc1ccc(Br)cc1N1CCOC2CCCC21. The fourth-order valence-corrected chi connectivity index (χ4v) is 3.93. The Balaban J connectivity index is 1.83. The van der Waals surface area contributed by atoms with E-state index in [2.05, 4.69) is 51.3 Å². The molecule has 4 heteroatoms. The Bertz CT molecular complexity index is 480. The third-order valence-corrected chi connectivity index (χ3v) is 5.07. The minimum Gasteiger partial charge on any atom is -0.374 e. The first kappa shape index (κ1) is 15.3. The fraction of sp³-hybridized carbons (Fsp3) is 0.647. The van der Waals surface area contributed by atoms with Crippen LogP contribution in [0.2, 0.25) is 0 Å². The molecule has 1 N–H and O–H groups in total. The van der Waals surface area contributed by atoms with Gasteiger partial charge in [-0.15, -0.1) is 0 Å². The van der Waals surface area contributed by atoms with Gasteiger partial charge in [0.2, 0.25) is 0 Å². The lowest BCUT2D eigenvalue weighted by molar-refractivity contribution is 0.0255. The Morgan fingerprint density at radius 3 is 3.14 bits per heavy atom. The maximum absolute atomic E-state index is 5.95. The molecule has 2 fully saturated rings. The summed E-state index contributed by atoms with van der Waals surface area (Å²) in [7, 11) is 0. The molecule has 0 radical (unpaired) electrons. The van der Waals surface area contributed by atoms with Crippen LogP contribution in [0, 0.1) is 0 Å². The fourth-order valence-electron chi connectivity index (χ4n) is 3.58. The Kier molecular flexibility index (Phi) is 5.19. The molecule has 3 nitrogen and oxygen atoms in total. The second-order valence-corrected chi connectivity index (χ2v) is 6.97. The summed E-state index contributed by atoms with van der Waals surface area (Å²) in [5, 5.41) is 3.54. The van der Waals surface area contributed by atoms with Gasteiger partial charge in [-0.25, -0.2) is 0 Å². The van der Waals surface area contributed by atoms with Crippen molar-refractivity contribution < 1.29 is 4.74 Å². The van der Waals surface area contributed by atoms with Crippen molar-refractivity contribution in [3.05, 3.63) is 28.2 Å². The molecule has 1 heterocycles. The lowest BCUT2D eigenvalue weighted by atomic mass is 10.1. The van der Waals surface area contributed by atoms with E-state index in [0.717, 1.165) is 30.7 Å². The van der Waals surface area contributed by atoms with E-state index < -0.39 is 0 Å². The summed E-state index contributed by atoms with van der Waals surface area (Å²) in [5.74, 6) is 0. The summed E-state index contributed by atoms with van der Waals surface area (Å²) in [6.07, 6.45) is 5.39. The smallest absolute Gasteiger partial charge is 0.0779 e. The molecule has 1 aliphatic heterocycles. The van der Waals surface area contributed by atoms with Gasteiger partial charge in [-0.3, -0.25) is 0 Å². The van der Waals surface area contributed by atoms with Crippen molar-refractivity contribution in [2.24, 2.45) is 0 Å². The number of anilines is 1. The van der Waals surface area contributed by atoms with Gasteiger partial charge >= 0.3 is 0 Å². The molecule has 0 aromatic heterocycles. The van der Waals surface area contributed by atoms with Gasteiger partial charge in [0.05, 0.1) is 18.8 Å². The van der Waals surface area contributed by atoms with E-state index in [-0.39, 0.29) is 0 Å². The molecule has 0 amide bonds. The van der Waals surface area contributed by atoms with Gasteiger partial charge in [0.1, 0.15) is 0 Å². The summed E-state index contributed by atoms with van der Waals surface area (Å²) in [6.45, 7) is 6.10. The second kappa shape index (κ2) is 7.12. The van der Waals surface area contributed by atoms with Crippen molar-refractivity contribution in [1.82, 2.24) is 5.32 Å². The van der Waals surface area contributed by atoms with Crippen LogP contribution in [-0.4, -0.2) is 31.8 Å². The summed E-state index contributed by atoms with van der Waals surface area (Å²) >= 11 is 3.64. The van der Waals surface area contributed by atoms with E-state index in [4.69, 9.17) is 4.74 Å². The molecule has 1 aliphatic carbocycles. The largest absolute Gasteiger partial charge is 0.374 e. The van der Waals surface area contributed by atoms with Crippen molar-refractivity contribution in [3.63, 3.8) is 0 Å². The Hall–Kier alpha value is -0.580. The zero-order valence-corrected chi connectivity index (χ0v) is 14.4. The number of ether oxygens (including phenoxy) is 1. The molecular weight excluding hydrogens is 328 g/mol. The number of halogens is 1. The molecule has 0 bridgehead atoms. The average Bonchev–Trinajstić information content (AvgIpc) is 2.97. The highest BCUT2D eigenvalue weighted by atomic mass is 79.9. The molecule has 21 heavy (non-hydrogen) atoms. The predicted molar refractivity (Wildman–Crippen MR) is 90.9 cm³/mol. The average molecular weight is 353 g/mol. The standard InChI is InChI=1S/C17H25BrN2O/c1-2-8-19-12-13-6-7-14(18)11-16(13)20-9-10-21-17-5-3-4-15(17)20/h6-7,11,15,17,19H,2-5,8-10,12H2,1H3. The van der Waals surface area contributed by atoms with Gasteiger partial charge < -0.3 is 15.0 Å². The van der Waals surface area contributed by atoms with Crippen LogP contribution in [0.3, 0.4) is 0 Å². The molecule has 3 rings (SSSR count). The molecule has 1 saturated heterocycles. The first-order valence-corrected chi connectivity index (χ1v) is 8.96. The van der Waals surface area contributed by atoms with Crippen molar-refractivity contribution in [1.29, 1.82) is 0 Å². The van der Waals surface area contributed by atoms with Gasteiger partial charge in [0, 0.05) is 23.2 Å². The highest BCUT2D eigenvalue weighted by Crippen LogP contribution is 2.35. The number of rotatable bonds is 5. The number of morpholine rings is 1. The monoisotopic (exact) mass is 352 g/mol. The summed E-state index contributed by atoms with van der Waals surface area (Å²) in [4.78, 5) is 2.59. The van der Waals surface area contributed by atoms with Crippen LogP contribution in [0.5, 0.6) is 0 Å². The lowest BCUT2D eigenvalue weighted by Crippen LogP contribution is -2.49. The van der Waals surface area contributed by atoms with Crippen LogP contribution >= 0.6 is 15.9 Å². The minimum absolute atomic E-state index is 0.439. The number of hydrogen-bond donors (Lipinski definition) is 1. The van der Waals surface area contributed by atoms with E-state index in [1.54, 1.807) is 0 Å². The zero-order chi connectivity index (χ0) is 14.7. The summed E-state index contributed by atoms with van der Waals surface area (Å²) in [6, 6.07) is 7.25. The number of fused-ring (bicyclic) bond motifs is 1. The summed E-state index contributed by atoms with van der Waals surface area (Å²) < 4.78 is 7.12. The van der Waals surface area contributed by atoms with E-state index in [1.807, 2.05) is 0 Å². The zero-order valence-electron chi connectivity index (χ0n) is 12.8. The summed E-state index contributed by atoms with van der Waals surface area (Å²) in [5.41, 5.74) is 2.78. The van der Waals surface area contributed by atoms with Crippen molar-refractivity contribution >= 4 is 21.6 Å². The van der Waals surface area contributed by atoms with Crippen LogP contribution in [0.4, 0.5) is 5.69 Å². The molecule has 2 unspecified atom stereocenters. The highest BCUT2D eigenvalue weighted by molar-refractivity contribution is 9.10. The Morgan fingerprint density at radius 1 is 1.38 bits per heavy atom. The van der Waals surface area contributed by atoms with Crippen molar-refractivity contribution in [2.75, 3.05) is 24.6 Å². The normalized spacial score (nSPS) is 25.1. The van der Waals surface area contributed by atoms with Gasteiger partial charge in [0.15, 0.2) is 0 Å². The van der Waals surface area contributed by atoms with Crippen LogP contribution in [0.25, 0.3) is 0 Å². The first-order chi connectivity index (χ1) is 10.3. The molecule has 1 aromatic rings. The van der Waals surface area contributed by atoms with Crippen molar-refractivity contribution in [3.8, 4) is 0 Å². The molecule has 2 aliphatic rings. The van der Waals surface area contributed by atoms with E-state index in [9.17, 15) is 0 Å². The van der Waals surface area contributed by atoms with Crippen molar-refractivity contribution in [2.45, 2.75) is 51.3 Å². The van der Waals surface area contributed by atoms with Gasteiger partial charge in [0.25, 0.3) is 0 Å².